The van der Waals surface area contributed by atoms with Crippen LogP contribution < -0.4 is 10.5 Å². The Morgan fingerprint density at radius 2 is 2.12 bits per heavy atom. The van der Waals surface area contributed by atoms with E-state index in [4.69, 9.17) is 15.2 Å². The molecule has 4 heteroatoms. The Morgan fingerprint density at radius 3 is 2.71 bits per heavy atom. The maximum atomic E-state index is 5.71. The zero-order chi connectivity index (χ0) is 12.5. The molecule has 4 nitrogen and oxygen atoms in total. The highest BCUT2D eigenvalue weighted by Gasteiger charge is 2.01. The molecule has 1 atom stereocenters. The van der Waals surface area contributed by atoms with Crippen LogP contribution in [0.4, 0.5) is 0 Å². The highest BCUT2D eigenvalue weighted by atomic mass is 16.5. The minimum absolute atomic E-state index is 0.0403. The number of unbranched alkanes of at least 4 members (excludes halogenated alkanes) is 1. The summed E-state index contributed by atoms with van der Waals surface area (Å²) in [5.74, 6) is 0.758. The van der Waals surface area contributed by atoms with Crippen LogP contribution >= 0.6 is 0 Å². The third-order valence-corrected chi connectivity index (χ3v) is 2.36. The van der Waals surface area contributed by atoms with Gasteiger partial charge in [-0.1, -0.05) is 13.3 Å². The number of hydrogen-bond acceptors (Lipinski definition) is 4. The monoisotopic (exact) mass is 238 g/mol. The summed E-state index contributed by atoms with van der Waals surface area (Å²) in [5.41, 5.74) is 6.58. The zero-order valence-corrected chi connectivity index (χ0v) is 10.7. The van der Waals surface area contributed by atoms with Gasteiger partial charge < -0.3 is 15.2 Å². The van der Waals surface area contributed by atoms with Gasteiger partial charge in [0.15, 0.2) is 0 Å². The fraction of sp³-hybridized carbons (Fsp3) is 0.615. The highest BCUT2D eigenvalue weighted by molar-refractivity contribution is 5.21. The van der Waals surface area contributed by atoms with Crippen LogP contribution in [0.2, 0.25) is 0 Å². The molecule has 0 aliphatic heterocycles. The summed E-state index contributed by atoms with van der Waals surface area (Å²) >= 11 is 0. The highest BCUT2D eigenvalue weighted by Crippen LogP contribution is 2.12. The van der Waals surface area contributed by atoms with Crippen LogP contribution in [-0.2, 0) is 4.74 Å². The summed E-state index contributed by atoms with van der Waals surface area (Å²) in [6, 6.07) is 3.73. The quantitative estimate of drug-likeness (QED) is 0.706. The standard InChI is InChI=1S/C13H22N2O2/c1-3-4-7-16-8-9-17-12-5-6-13(11(2)14)15-10-12/h5-6,10-11H,3-4,7-9,14H2,1-2H3. The second kappa shape index (κ2) is 8.03. The van der Waals surface area contributed by atoms with E-state index < -0.39 is 0 Å². The molecule has 0 saturated carbocycles. The van der Waals surface area contributed by atoms with Gasteiger partial charge >= 0.3 is 0 Å². The van der Waals surface area contributed by atoms with Gasteiger partial charge in [-0.05, 0) is 25.5 Å². The molecule has 17 heavy (non-hydrogen) atoms. The molecule has 0 aliphatic rings. The predicted molar refractivity (Wildman–Crippen MR) is 68.1 cm³/mol. The van der Waals surface area contributed by atoms with Crippen molar-refractivity contribution < 1.29 is 9.47 Å². The van der Waals surface area contributed by atoms with E-state index in [0.717, 1.165) is 30.9 Å². The maximum Gasteiger partial charge on any atom is 0.137 e. The Bertz CT molecular complexity index is 299. The minimum atomic E-state index is -0.0403. The fourth-order valence-corrected chi connectivity index (χ4v) is 1.31. The van der Waals surface area contributed by atoms with E-state index in [9.17, 15) is 0 Å². The number of nitrogens with two attached hydrogens (primary N) is 1. The molecular formula is C13H22N2O2. The molecule has 1 heterocycles. The predicted octanol–water partition coefficient (Wildman–Crippen LogP) is 2.30. The number of nitrogens with zero attached hydrogens (tertiary/aromatic N) is 1. The van der Waals surface area contributed by atoms with Crippen molar-refractivity contribution in [3.05, 3.63) is 24.0 Å². The Morgan fingerprint density at radius 1 is 1.29 bits per heavy atom. The lowest BCUT2D eigenvalue weighted by Crippen LogP contribution is -2.09. The van der Waals surface area contributed by atoms with Crippen LogP contribution in [0.5, 0.6) is 5.75 Å². The van der Waals surface area contributed by atoms with E-state index in [0.29, 0.717) is 13.2 Å². The Hall–Kier alpha value is -1.13. The number of aromatic nitrogens is 1. The number of hydrogen-bond donors (Lipinski definition) is 1. The van der Waals surface area contributed by atoms with E-state index in [1.807, 2.05) is 19.1 Å². The molecule has 0 spiro atoms. The molecule has 1 rings (SSSR count). The molecule has 0 aromatic carbocycles. The van der Waals surface area contributed by atoms with E-state index >= 15 is 0 Å². The Kier molecular flexibility index (Phi) is 6.58. The first-order chi connectivity index (χ1) is 8.24. The van der Waals surface area contributed by atoms with Gasteiger partial charge in [0.1, 0.15) is 12.4 Å². The molecule has 1 unspecified atom stereocenters. The topological polar surface area (TPSA) is 57.4 Å². The molecule has 2 N–H and O–H groups in total. The van der Waals surface area contributed by atoms with Crippen LogP contribution in [0.3, 0.4) is 0 Å². The van der Waals surface area contributed by atoms with E-state index in [1.54, 1.807) is 6.20 Å². The summed E-state index contributed by atoms with van der Waals surface area (Å²) in [6.45, 7) is 6.04. The fourth-order valence-electron chi connectivity index (χ4n) is 1.31. The second-order valence-corrected chi connectivity index (χ2v) is 4.02. The molecule has 0 amide bonds. The van der Waals surface area contributed by atoms with Crippen molar-refractivity contribution in [1.82, 2.24) is 4.98 Å². The van der Waals surface area contributed by atoms with Crippen molar-refractivity contribution in [2.24, 2.45) is 5.73 Å². The SMILES string of the molecule is CCCCOCCOc1ccc(C(C)N)nc1. The average molecular weight is 238 g/mol. The van der Waals surface area contributed by atoms with E-state index in [2.05, 4.69) is 11.9 Å². The molecule has 0 bridgehead atoms. The van der Waals surface area contributed by atoms with Gasteiger partial charge in [0.25, 0.3) is 0 Å². The molecular weight excluding hydrogens is 216 g/mol. The minimum Gasteiger partial charge on any atom is -0.490 e. The van der Waals surface area contributed by atoms with Crippen molar-refractivity contribution in [2.75, 3.05) is 19.8 Å². The molecule has 0 fully saturated rings. The lowest BCUT2D eigenvalue weighted by atomic mass is 10.2. The summed E-state index contributed by atoms with van der Waals surface area (Å²) in [6.07, 6.45) is 3.96. The van der Waals surface area contributed by atoms with E-state index in [-0.39, 0.29) is 6.04 Å². The van der Waals surface area contributed by atoms with Gasteiger partial charge in [0, 0.05) is 12.6 Å². The maximum absolute atomic E-state index is 5.71. The second-order valence-electron chi connectivity index (χ2n) is 4.02. The van der Waals surface area contributed by atoms with Gasteiger partial charge in [0.05, 0.1) is 18.5 Å². The molecule has 96 valence electrons. The zero-order valence-electron chi connectivity index (χ0n) is 10.7. The van der Waals surface area contributed by atoms with Gasteiger partial charge in [-0.25, -0.2) is 0 Å². The van der Waals surface area contributed by atoms with Crippen LogP contribution in [0, 0.1) is 0 Å². The lowest BCUT2D eigenvalue weighted by molar-refractivity contribution is 0.0979. The average Bonchev–Trinajstić information content (AvgIpc) is 2.34. The number of pyridine rings is 1. The number of rotatable bonds is 8. The van der Waals surface area contributed by atoms with Crippen molar-refractivity contribution in [1.29, 1.82) is 0 Å². The summed E-state index contributed by atoms with van der Waals surface area (Å²) in [7, 11) is 0. The van der Waals surface area contributed by atoms with Crippen LogP contribution in [0.15, 0.2) is 18.3 Å². The Labute approximate surface area is 103 Å². The first kappa shape index (κ1) is 13.9. The molecule has 1 aromatic rings. The van der Waals surface area contributed by atoms with Crippen molar-refractivity contribution in [2.45, 2.75) is 32.7 Å². The third kappa shape index (κ3) is 5.65. The molecule has 0 saturated heterocycles. The Balaban J connectivity index is 2.19. The third-order valence-electron chi connectivity index (χ3n) is 2.36. The smallest absolute Gasteiger partial charge is 0.137 e. The summed E-state index contributed by atoms with van der Waals surface area (Å²) < 4.78 is 10.9. The molecule has 1 aromatic heterocycles. The largest absolute Gasteiger partial charge is 0.490 e. The van der Waals surface area contributed by atoms with Gasteiger partial charge in [-0.3, -0.25) is 4.98 Å². The molecule has 0 aliphatic carbocycles. The van der Waals surface area contributed by atoms with Crippen LogP contribution in [0.25, 0.3) is 0 Å². The first-order valence-corrected chi connectivity index (χ1v) is 6.16. The number of ether oxygens (including phenoxy) is 2. The normalized spacial score (nSPS) is 12.4. The summed E-state index contributed by atoms with van der Waals surface area (Å²) in [4.78, 5) is 4.22. The van der Waals surface area contributed by atoms with Crippen molar-refractivity contribution in [3.63, 3.8) is 0 Å². The van der Waals surface area contributed by atoms with E-state index in [1.165, 1.54) is 0 Å². The van der Waals surface area contributed by atoms with Crippen molar-refractivity contribution in [3.8, 4) is 5.75 Å². The van der Waals surface area contributed by atoms with Crippen molar-refractivity contribution >= 4 is 0 Å². The van der Waals surface area contributed by atoms with Crippen LogP contribution in [-0.4, -0.2) is 24.8 Å². The van der Waals surface area contributed by atoms with Gasteiger partial charge in [-0.2, -0.15) is 0 Å². The lowest BCUT2D eigenvalue weighted by Gasteiger charge is -2.08. The molecule has 0 radical (unpaired) electrons. The van der Waals surface area contributed by atoms with Gasteiger partial charge in [-0.15, -0.1) is 0 Å². The summed E-state index contributed by atoms with van der Waals surface area (Å²) in [5, 5.41) is 0. The van der Waals surface area contributed by atoms with Crippen LogP contribution in [0.1, 0.15) is 38.4 Å². The van der Waals surface area contributed by atoms with Gasteiger partial charge in [0.2, 0.25) is 0 Å². The first-order valence-electron chi connectivity index (χ1n) is 6.16.